The highest BCUT2D eigenvalue weighted by molar-refractivity contribution is 7.93. The minimum Gasteiger partial charge on any atom is -0.348 e. The molecule has 0 bridgehead atoms. The summed E-state index contributed by atoms with van der Waals surface area (Å²) in [6.07, 6.45) is 1.90. The molecular formula is C15H22N4O3S. The minimum atomic E-state index is -3.71. The van der Waals surface area contributed by atoms with Crippen LogP contribution in [-0.2, 0) is 14.8 Å². The van der Waals surface area contributed by atoms with E-state index in [1.54, 1.807) is 24.3 Å². The molecule has 1 heterocycles. The Hall–Kier alpha value is -2.09. The van der Waals surface area contributed by atoms with E-state index in [1.807, 2.05) is 11.2 Å². The number of nitrogens with one attached hydrogen (secondary N) is 1. The van der Waals surface area contributed by atoms with Gasteiger partial charge < -0.3 is 4.90 Å². The monoisotopic (exact) mass is 338 g/mol. The Morgan fingerprint density at radius 2 is 1.91 bits per heavy atom. The number of hydrogen-bond donors (Lipinski definition) is 1. The first kappa shape index (κ1) is 17.3. The highest BCUT2D eigenvalue weighted by Crippen LogP contribution is 2.27. The lowest BCUT2D eigenvalue weighted by Crippen LogP contribution is -2.32. The number of benzene rings is 1. The Morgan fingerprint density at radius 1 is 1.30 bits per heavy atom. The maximum absolute atomic E-state index is 11.9. The predicted octanol–water partition coefficient (Wildman–Crippen LogP) is 1.35. The summed E-state index contributed by atoms with van der Waals surface area (Å²) in [6, 6.07) is 6.91. The van der Waals surface area contributed by atoms with Gasteiger partial charge >= 0.3 is 0 Å². The zero-order valence-corrected chi connectivity index (χ0v) is 14.6. The van der Waals surface area contributed by atoms with E-state index in [-0.39, 0.29) is 5.41 Å². The summed E-state index contributed by atoms with van der Waals surface area (Å²) in [5.41, 5.74) is 1.33. The average Bonchev–Trinajstić information content (AvgIpc) is 2.78. The summed E-state index contributed by atoms with van der Waals surface area (Å²) in [4.78, 5) is 12.8. The van der Waals surface area contributed by atoms with Crippen molar-refractivity contribution in [3.05, 3.63) is 24.3 Å². The third-order valence-corrected chi connectivity index (χ3v) is 4.53. The van der Waals surface area contributed by atoms with Crippen molar-refractivity contribution in [1.29, 1.82) is 0 Å². The van der Waals surface area contributed by atoms with E-state index >= 15 is 0 Å². The Morgan fingerprint density at radius 3 is 2.39 bits per heavy atom. The SMILES string of the molecule is CN(C)C(=O)CS(=O)(=O)Nc1ccc(N2CC(C)(C)C=N2)cc1. The molecule has 0 saturated carbocycles. The van der Waals surface area contributed by atoms with Crippen LogP contribution in [0.3, 0.4) is 0 Å². The summed E-state index contributed by atoms with van der Waals surface area (Å²) in [5.74, 6) is -1.05. The average molecular weight is 338 g/mol. The molecule has 1 aromatic rings. The number of carbonyl (C=O) groups excluding carboxylic acids is 1. The molecule has 23 heavy (non-hydrogen) atoms. The number of nitrogens with zero attached hydrogens (tertiary/aromatic N) is 3. The first-order valence-electron chi connectivity index (χ1n) is 7.21. The zero-order valence-electron chi connectivity index (χ0n) is 13.8. The van der Waals surface area contributed by atoms with Gasteiger partial charge in [-0.25, -0.2) is 8.42 Å². The van der Waals surface area contributed by atoms with E-state index in [0.29, 0.717) is 5.69 Å². The van der Waals surface area contributed by atoms with Gasteiger partial charge in [0.1, 0.15) is 5.75 Å². The lowest BCUT2D eigenvalue weighted by molar-refractivity contribution is -0.125. The van der Waals surface area contributed by atoms with Crippen LogP contribution in [0.1, 0.15) is 13.8 Å². The molecular weight excluding hydrogens is 316 g/mol. The van der Waals surface area contributed by atoms with Crippen LogP contribution >= 0.6 is 0 Å². The molecule has 8 heteroatoms. The number of hydrazone groups is 1. The van der Waals surface area contributed by atoms with Crippen molar-refractivity contribution in [2.24, 2.45) is 10.5 Å². The normalized spacial score (nSPS) is 16.4. The van der Waals surface area contributed by atoms with Crippen LogP contribution < -0.4 is 9.73 Å². The molecule has 1 amide bonds. The summed E-state index contributed by atoms with van der Waals surface area (Å²) in [7, 11) is -0.677. The van der Waals surface area contributed by atoms with E-state index in [1.165, 1.54) is 19.0 Å². The largest absolute Gasteiger partial charge is 0.348 e. The fraction of sp³-hybridized carbons (Fsp3) is 0.467. The molecule has 1 N–H and O–H groups in total. The third-order valence-electron chi connectivity index (χ3n) is 3.35. The highest BCUT2D eigenvalue weighted by Gasteiger charge is 2.25. The third kappa shape index (κ3) is 4.69. The second kappa shape index (κ2) is 6.19. The summed E-state index contributed by atoms with van der Waals surface area (Å²) < 4.78 is 26.3. The molecule has 0 atom stereocenters. The van der Waals surface area contributed by atoms with Gasteiger partial charge in [0.15, 0.2) is 0 Å². The van der Waals surface area contributed by atoms with Crippen molar-refractivity contribution in [1.82, 2.24) is 4.90 Å². The Kier molecular flexibility index (Phi) is 4.65. The Balaban J connectivity index is 2.03. The van der Waals surface area contributed by atoms with Crippen LogP contribution in [0.25, 0.3) is 0 Å². The van der Waals surface area contributed by atoms with E-state index in [4.69, 9.17) is 0 Å². The molecule has 2 rings (SSSR count). The number of anilines is 2. The molecule has 0 fully saturated rings. The van der Waals surface area contributed by atoms with Crippen LogP contribution in [0.2, 0.25) is 0 Å². The van der Waals surface area contributed by atoms with E-state index < -0.39 is 21.7 Å². The van der Waals surface area contributed by atoms with Crippen molar-refractivity contribution in [2.75, 3.05) is 36.1 Å². The fourth-order valence-corrected chi connectivity index (χ4v) is 3.21. The Bertz CT molecular complexity index is 709. The van der Waals surface area contributed by atoms with E-state index in [2.05, 4.69) is 23.7 Å². The molecule has 1 aliphatic rings. The van der Waals surface area contributed by atoms with Crippen molar-refractivity contribution < 1.29 is 13.2 Å². The van der Waals surface area contributed by atoms with Crippen LogP contribution in [0.4, 0.5) is 11.4 Å². The molecule has 7 nitrogen and oxygen atoms in total. The number of hydrogen-bond acceptors (Lipinski definition) is 5. The fourth-order valence-electron chi connectivity index (χ4n) is 2.06. The van der Waals surface area contributed by atoms with Gasteiger partial charge in [-0.15, -0.1) is 0 Å². The standard InChI is InChI=1S/C15H22N4O3S/c1-15(2)10-16-19(11-15)13-7-5-12(6-8-13)17-23(21,22)9-14(20)18(3)4/h5-8,10,17H,9,11H2,1-4H3. The molecule has 0 saturated heterocycles. The maximum Gasteiger partial charge on any atom is 0.241 e. The first-order valence-corrected chi connectivity index (χ1v) is 8.87. The summed E-state index contributed by atoms with van der Waals surface area (Å²) in [6.45, 7) is 4.97. The molecule has 0 aromatic heterocycles. The molecule has 0 spiro atoms. The summed E-state index contributed by atoms with van der Waals surface area (Å²) >= 11 is 0. The van der Waals surface area contributed by atoms with Crippen LogP contribution in [0.15, 0.2) is 29.4 Å². The van der Waals surface area contributed by atoms with Gasteiger partial charge in [0.25, 0.3) is 0 Å². The van der Waals surface area contributed by atoms with Gasteiger partial charge in [-0.3, -0.25) is 14.5 Å². The molecule has 0 radical (unpaired) electrons. The number of rotatable bonds is 5. The molecule has 0 unspecified atom stereocenters. The van der Waals surface area contributed by atoms with Crippen molar-refractivity contribution >= 4 is 33.5 Å². The smallest absolute Gasteiger partial charge is 0.241 e. The van der Waals surface area contributed by atoms with Gasteiger partial charge in [-0.2, -0.15) is 5.10 Å². The van der Waals surface area contributed by atoms with Crippen molar-refractivity contribution in [3.63, 3.8) is 0 Å². The number of carbonyl (C=O) groups is 1. The van der Waals surface area contributed by atoms with Crippen molar-refractivity contribution in [3.8, 4) is 0 Å². The summed E-state index contributed by atoms with van der Waals surface area (Å²) in [5, 5.41) is 6.21. The molecule has 1 aromatic carbocycles. The molecule has 0 aliphatic carbocycles. The zero-order chi connectivity index (χ0) is 17.3. The second-order valence-corrected chi connectivity index (χ2v) is 8.21. The highest BCUT2D eigenvalue weighted by atomic mass is 32.2. The maximum atomic E-state index is 11.9. The lowest BCUT2D eigenvalue weighted by Gasteiger charge is -2.19. The quantitative estimate of drug-likeness (QED) is 0.878. The topological polar surface area (TPSA) is 82.1 Å². The van der Waals surface area contributed by atoms with Crippen molar-refractivity contribution in [2.45, 2.75) is 13.8 Å². The van der Waals surface area contributed by atoms with Gasteiger partial charge in [-0.05, 0) is 24.3 Å². The van der Waals surface area contributed by atoms with Crippen LogP contribution in [0, 0.1) is 5.41 Å². The molecule has 126 valence electrons. The number of sulfonamides is 1. The van der Waals surface area contributed by atoms with Gasteiger partial charge in [0, 0.05) is 31.4 Å². The second-order valence-electron chi connectivity index (χ2n) is 6.49. The minimum absolute atomic E-state index is 0.0206. The molecule has 1 aliphatic heterocycles. The van der Waals surface area contributed by atoms with E-state index in [9.17, 15) is 13.2 Å². The predicted molar refractivity (Wildman–Crippen MR) is 92.2 cm³/mol. The van der Waals surface area contributed by atoms with Gasteiger partial charge in [0.05, 0.1) is 12.2 Å². The van der Waals surface area contributed by atoms with Crippen LogP contribution in [-0.4, -0.2) is 51.8 Å². The number of amides is 1. The van der Waals surface area contributed by atoms with Gasteiger partial charge in [0.2, 0.25) is 15.9 Å². The van der Waals surface area contributed by atoms with Crippen LogP contribution in [0.5, 0.6) is 0 Å². The van der Waals surface area contributed by atoms with Gasteiger partial charge in [-0.1, -0.05) is 13.8 Å². The first-order chi connectivity index (χ1) is 10.6. The van der Waals surface area contributed by atoms with E-state index in [0.717, 1.165) is 12.2 Å². The Labute approximate surface area is 137 Å². The lowest BCUT2D eigenvalue weighted by atomic mass is 9.96.